The molecule has 3 aromatic rings. The number of aromatic nitrogens is 4. The quantitative estimate of drug-likeness (QED) is 0.189. The van der Waals surface area contributed by atoms with Crippen LogP contribution in [0.1, 0.15) is 98.4 Å². The largest absolute Gasteiger partial charge is 3.00 e. The third-order valence-electron chi connectivity index (χ3n) is 8.69. The van der Waals surface area contributed by atoms with E-state index in [0.29, 0.717) is 24.2 Å². The van der Waals surface area contributed by atoms with E-state index in [1.807, 2.05) is 26.0 Å². The van der Waals surface area contributed by atoms with Gasteiger partial charge in [0.1, 0.15) is 0 Å². The minimum Gasteiger partial charge on any atom is -0.481 e. The van der Waals surface area contributed by atoms with Crippen LogP contribution in [0.25, 0.3) is 44.4 Å². The molecule has 5 heterocycles. The maximum absolute atomic E-state index is 11.5. The molecule has 4 N–H and O–H groups in total. The van der Waals surface area contributed by atoms with Gasteiger partial charge in [-0.15, -0.1) is 0 Å². The Hall–Kier alpha value is -3.14. The fourth-order valence-corrected chi connectivity index (χ4v) is 6.22. The van der Waals surface area contributed by atoms with Crippen molar-refractivity contribution in [1.82, 2.24) is 19.9 Å². The molecular formula is C34H38GdN4O4+3. The number of hydrogen-bond donors (Lipinski definition) is 4. The van der Waals surface area contributed by atoms with Crippen LogP contribution in [0.15, 0.2) is 24.3 Å². The Morgan fingerprint density at radius 3 is 1.44 bits per heavy atom. The van der Waals surface area contributed by atoms with Crippen molar-refractivity contribution >= 4 is 56.3 Å². The van der Waals surface area contributed by atoms with Crippen molar-refractivity contribution in [2.75, 3.05) is 0 Å². The number of aryl methyl sites for hydroxylation is 4. The van der Waals surface area contributed by atoms with Crippen molar-refractivity contribution in [1.29, 1.82) is 0 Å². The number of allylic oxidation sites excluding steroid dienone is 4. The minimum absolute atomic E-state index is 0. The fourth-order valence-electron chi connectivity index (χ4n) is 6.22. The van der Waals surface area contributed by atoms with Crippen LogP contribution in [0.3, 0.4) is 0 Å². The van der Waals surface area contributed by atoms with Crippen LogP contribution in [-0.2, 0) is 22.4 Å². The summed E-state index contributed by atoms with van der Waals surface area (Å²) in [6, 6.07) is 8.19. The first kappa shape index (κ1) is 32.8. The van der Waals surface area contributed by atoms with Crippen LogP contribution in [0.2, 0.25) is 0 Å². The van der Waals surface area contributed by atoms with Gasteiger partial charge < -0.3 is 20.2 Å². The van der Waals surface area contributed by atoms with Gasteiger partial charge in [-0.2, -0.15) is 0 Å². The maximum Gasteiger partial charge on any atom is 3.00 e. The van der Waals surface area contributed by atoms with Crippen LogP contribution >= 0.6 is 0 Å². The van der Waals surface area contributed by atoms with Gasteiger partial charge in [0, 0.05) is 34.9 Å². The van der Waals surface area contributed by atoms with E-state index in [9.17, 15) is 19.8 Å². The van der Waals surface area contributed by atoms with Gasteiger partial charge >= 0.3 is 51.9 Å². The molecule has 0 atom stereocenters. The fraction of sp³-hybridized carbons (Fsp3) is 0.353. The van der Waals surface area contributed by atoms with E-state index in [1.165, 1.54) is 16.7 Å². The summed E-state index contributed by atoms with van der Waals surface area (Å²) in [5.41, 5.74) is 15.4. The number of rotatable bonds is 8. The Bertz CT molecular complexity index is 1860. The van der Waals surface area contributed by atoms with Crippen LogP contribution in [-0.4, -0.2) is 42.1 Å². The molecule has 0 spiro atoms. The Balaban J connectivity index is 0.00000423. The third kappa shape index (κ3) is 6.40. The summed E-state index contributed by atoms with van der Waals surface area (Å²) in [7, 11) is 0. The number of carbonyl (C=O) groups is 2. The summed E-state index contributed by atoms with van der Waals surface area (Å²) < 4.78 is 0. The summed E-state index contributed by atoms with van der Waals surface area (Å²) in [5.74, 6) is -1.74. The third-order valence-corrected chi connectivity index (χ3v) is 8.69. The van der Waals surface area contributed by atoms with Gasteiger partial charge in [0.05, 0.1) is 22.8 Å². The molecule has 8 nitrogen and oxygen atoms in total. The average molecular weight is 724 g/mol. The van der Waals surface area contributed by atoms with Crippen molar-refractivity contribution in [3.8, 4) is 0 Å². The Morgan fingerprint density at radius 2 is 1.02 bits per heavy atom. The van der Waals surface area contributed by atoms with Gasteiger partial charge in [0.2, 0.25) is 0 Å². The molecular weight excluding hydrogens is 686 g/mol. The standard InChI is InChI=1S/C34H38N4O4.Gd/c1-7-21-17(3)25-13-26-19(5)23(9-11-33(39)40)31(37-26)16-32-24(10-12-34(41)42)20(6)28(38-32)15-30-22(8-2)18(4)27(36-30)14-29(21)35-25;/h13-16,35-36H,7-12H2,1-6H3,(H,39,40)(H,41,42);/q;+3. The van der Waals surface area contributed by atoms with E-state index < -0.39 is 11.9 Å². The second-order valence-electron chi connectivity index (χ2n) is 11.2. The molecule has 9 heteroatoms. The number of carboxylic acids is 2. The number of H-pyrrole nitrogens is 2. The van der Waals surface area contributed by atoms with Crippen LogP contribution in [0.5, 0.6) is 0 Å². The topological polar surface area (TPSA) is 132 Å². The van der Waals surface area contributed by atoms with Gasteiger partial charge in [-0.1, -0.05) is 13.8 Å². The second kappa shape index (κ2) is 13.2. The molecule has 3 aromatic heterocycles. The summed E-state index contributed by atoms with van der Waals surface area (Å²) in [6.45, 7) is 12.5. The number of carboxylic acid groups (broad SMARTS) is 2. The molecule has 1 radical (unpaired) electrons. The molecule has 0 saturated heterocycles. The van der Waals surface area contributed by atoms with Gasteiger partial charge in [0.25, 0.3) is 0 Å². The summed E-state index contributed by atoms with van der Waals surface area (Å²) in [5, 5.41) is 18.9. The van der Waals surface area contributed by atoms with E-state index >= 15 is 0 Å². The Labute approximate surface area is 283 Å². The van der Waals surface area contributed by atoms with Crippen molar-refractivity contribution in [3.05, 3.63) is 69.3 Å². The number of nitrogens with one attached hydrogen (secondary N) is 2. The maximum atomic E-state index is 11.5. The van der Waals surface area contributed by atoms with Crippen molar-refractivity contribution in [2.24, 2.45) is 0 Å². The molecule has 2 aliphatic rings. The predicted octanol–water partition coefficient (Wildman–Crippen LogP) is 7.65. The normalized spacial score (nSPS) is 13.0. The molecule has 0 amide bonds. The number of nitrogens with zero attached hydrogens (tertiary/aromatic N) is 2. The second-order valence-corrected chi connectivity index (χ2v) is 11.2. The van der Waals surface area contributed by atoms with Gasteiger partial charge in [0.15, 0.2) is 0 Å². The Kier molecular flexibility index (Phi) is 10.1. The molecule has 0 saturated carbocycles. The van der Waals surface area contributed by atoms with Gasteiger partial charge in [-0.05, 0) is 122 Å². The molecule has 0 fully saturated rings. The first-order valence-corrected chi connectivity index (χ1v) is 14.6. The zero-order valence-electron chi connectivity index (χ0n) is 25.5. The summed E-state index contributed by atoms with van der Waals surface area (Å²) in [6.07, 6.45) is 2.37. The first-order chi connectivity index (χ1) is 20.0. The minimum atomic E-state index is -0.869. The molecule has 223 valence electrons. The van der Waals surface area contributed by atoms with Gasteiger partial charge in [-0.25, -0.2) is 9.97 Å². The van der Waals surface area contributed by atoms with Crippen molar-refractivity contribution in [3.63, 3.8) is 0 Å². The number of fused-ring (bicyclic) bond motifs is 8. The summed E-state index contributed by atoms with van der Waals surface area (Å²) >= 11 is 0. The SMILES string of the molecule is CCc1c(C)c2cc3[nH]c(cc4nc(cc5nc(cc1[nH]2)C(C)=C5CCC(=O)O)C(CCC(=O)O)=C4C)c(C)c3CC.[Gd+3]. The van der Waals surface area contributed by atoms with Crippen LogP contribution in [0, 0.1) is 53.8 Å². The summed E-state index contributed by atoms with van der Waals surface area (Å²) in [4.78, 5) is 40.3. The molecule has 8 bridgehead atoms. The van der Waals surface area contributed by atoms with E-state index in [1.54, 1.807) is 0 Å². The zero-order chi connectivity index (χ0) is 30.3. The molecule has 0 aliphatic carbocycles. The Morgan fingerprint density at radius 1 is 0.628 bits per heavy atom. The predicted molar refractivity (Wildman–Crippen MR) is 168 cm³/mol. The average Bonchev–Trinajstić information content (AvgIpc) is 3.59. The van der Waals surface area contributed by atoms with Crippen LogP contribution in [0.4, 0.5) is 0 Å². The number of hydrogen-bond acceptors (Lipinski definition) is 4. The first-order valence-electron chi connectivity index (χ1n) is 14.6. The monoisotopic (exact) mass is 724 g/mol. The number of aliphatic carboxylic acids is 2. The molecule has 2 aliphatic heterocycles. The smallest absolute Gasteiger partial charge is 0.481 e. The zero-order valence-corrected chi connectivity index (χ0v) is 27.8. The van der Waals surface area contributed by atoms with E-state index in [2.05, 4.69) is 49.8 Å². The molecule has 0 aromatic carbocycles. The van der Waals surface area contributed by atoms with Gasteiger partial charge in [-0.3, -0.25) is 9.59 Å². The van der Waals surface area contributed by atoms with Crippen LogP contribution < -0.4 is 0 Å². The van der Waals surface area contributed by atoms with E-state index in [-0.39, 0.29) is 52.8 Å². The van der Waals surface area contributed by atoms with Crippen molar-refractivity contribution in [2.45, 2.75) is 80.1 Å². The molecule has 43 heavy (non-hydrogen) atoms. The number of aromatic amines is 2. The van der Waals surface area contributed by atoms with E-state index in [0.717, 1.165) is 74.2 Å². The molecule has 0 unspecified atom stereocenters. The van der Waals surface area contributed by atoms with E-state index in [4.69, 9.17) is 9.97 Å². The molecule has 5 rings (SSSR count). The van der Waals surface area contributed by atoms with Crippen molar-refractivity contribution < 1.29 is 59.7 Å².